The van der Waals surface area contributed by atoms with Crippen molar-refractivity contribution in [2.45, 2.75) is 6.92 Å². The molecule has 0 saturated heterocycles. The molecule has 0 spiro atoms. The number of methoxy groups -OCH3 is 1. The molecule has 4 aromatic rings. The van der Waals surface area contributed by atoms with Crippen molar-refractivity contribution in [3.63, 3.8) is 0 Å². The van der Waals surface area contributed by atoms with Gasteiger partial charge in [0.05, 0.1) is 7.11 Å². The number of fused-ring (bicyclic) bond motifs is 1. The van der Waals surface area contributed by atoms with Crippen molar-refractivity contribution in [1.29, 1.82) is 0 Å². The number of thiazole rings is 1. The molecular weight excluding hydrogens is 386 g/mol. The largest absolute Gasteiger partial charge is 0.497 e. The molecule has 2 heterocycles. The third kappa shape index (κ3) is 4.20. The first kappa shape index (κ1) is 18.9. The molecule has 7 heteroatoms. The third-order valence-electron chi connectivity index (χ3n) is 4.43. The van der Waals surface area contributed by atoms with E-state index in [-0.39, 0.29) is 12.5 Å². The Hall–Kier alpha value is -3.45. The maximum Gasteiger partial charge on any atom is 0.262 e. The Bertz CT molecular complexity index is 1120. The molecule has 0 saturated carbocycles. The van der Waals surface area contributed by atoms with Gasteiger partial charge in [0, 0.05) is 17.4 Å². The Morgan fingerprint density at radius 1 is 1.07 bits per heavy atom. The number of hydrogen-bond donors (Lipinski definition) is 1. The Morgan fingerprint density at radius 3 is 2.62 bits per heavy atom. The average Bonchev–Trinajstić information content (AvgIpc) is 3.18. The van der Waals surface area contributed by atoms with Crippen LogP contribution >= 0.6 is 11.3 Å². The second kappa shape index (κ2) is 8.28. The number of rotatable bonds is 6. The highest BCUT2D eigenvalue weighted by molar-refractivity contribution is 7.21. The van der Waals surface area contributed by atoms with Gasteiger partial charge in [-0.2, -0.15) is 0 Å². The Balaban J connectivity index is 1.47. The first-order valence-corrected chi connectivity index (χ1v) is 9.84. The van der Waals surface area contributed by atoms with Crippen LogP contribution in [0.4, 0.5) is 5.69 Å². The predicted octanol–water partition coefficient (Wildman–Crippen LogP) is 4.69. The molecule has 0 atom stereocenters. The molecule has 1 N–H and O–H groups in total. The van der Waals surface area contributed by atoms with Crippen LogP contribution in [0, 0.1) is 6.92 Å². The maximum atomic E-state index is 12.4. The average molecular weight is 405 g/mol. The van der Waals surface area contributed by atoms with Crippen molar-refractivity contribution in [3.05, 3.63) is 66.4 Å². The van der Waals surface area contributed by atoms with Crippen LogP contribution in [0.5, 0.6) is 11.5 Å². The van der Waals surface area contributed by atoms with Gasteiger partial charge in [-0.25, -0.2) is 9.97 Å². The van der Waals surface area contributed by atoms with Gasteiger partial charge in [-0.15, -0.1) is 0 Å². The monoisotopic (exact) mass is 405 g/mol. The van der Waals surface area contributed by atoms with Crippen LogP contribution < -0.4 is 14.8 Å². The summed E-state index contributed by atoms with van der Waals surface area (Å²) in [7, 11) is 1.60. The molecule has 0 aliphatic heterocycles. The zero-order valence-corrected chi connectivity index (χ0v) is 16.8. The molecule has 0 bridgehead atoms. The highest BCUT2D eigenvalue weighted by atomic mass is 32.1. The summed E-state index contributed by atoms with van der Waals surface area (Å²) in [6, 6.07) is 16.7. The van der Waals surface area contributed by atoms with Gasteiger partial charge in [0.1, 0.15) is 26.9 Å². The Labute approximate surface area is 172 Å². The van der Waals surface area contributed by atoms with Crippen molar-refractivity contribution in [2.75, 3.05) is 19.0 Å². The van der Waals surface area contributed by atoms with Crippen LogP contribution in [0.3, 0.4) is 0 Å². The molecule has 29 heavy (non-hydrogen) atoms. The lowest BCUT2D eigenvalue weighted by Crippen LogP contribution is -2.20. The van der Waals surface area contributed by atoms with Crippen LogP contribution in [0.25, 0.3) is 20.9 Å². The molecule has 0 radical (unpaired) electrons. The topological polar surface area (TPSA) is 73.3 Å². The van der Waals surface area contributed by atoms with Crippen molar-refractivity contribution in [2.24, 2.45) is 0 Å². The van der Waals surface area contributed by atoms with E-state index in [1.807, 2.05) is 37.3 Å². The van der Waals surface area contributed by atoms with E-state index in [0.29, 0.717) is 5.75 Å². The number of nitrogens with zero attached hydrogens (tertiary/aromatic N) is 2. The number of benzene rings is 2. The summed E-state index contributed by atoms with van der Waals surface area (Å²) in [5.41, 5.74) is 3.53. The lowest BCUT2D eigenvalue weighted by Gasteiger charge is -2.12. The fourth-order valence-electron chi connectivity index (χ4n) is 2.89. The molecule has 146 valence electrons. The molecule has 4 rings (SSSR count). The van der Waals surface area contributed by atoms with E-state index in [9.17, 15) is 4.79 Å². The summed E-state index contributed by atoms with van der Waals surface area (Å²) in [4.78, 5) is 22.3. The minimum atomic E-state index is -0.230. The number of aromatic nitrogens is 2. The van der Waals surface area contributed by atoms with E-state index in [1.165, 1.54) is 11.3 Å². The molecule has 0 unspecified atom stereocenters. The number of pyridine rings is 1. The zero-order chi connectivity index (χ0) is 20.2. The summed E-state index contributed by atoms with van der Waals surface area (Å²) in [5.74, 6) is 1.11. The summed E-state index contributed by atoms with van der Waals surface area (Å²) >= 11 is 1.53. The standard InChI is InChI=1S/C22H19N3O3S/c1-14-17(21-25-19-7-4-12-23-22(19)29-21)5-3-6-18(14)24-20(26)13-28-16-10-8-15(27-2)9-11-16/h3-12H,13H2,1-2H3,(H,24,26). The molecule has 2 aromatic heterocycles. The van der Waals surface area contributed by atoms with Crippen molar-refractivity contribution in [3.8, 4) is 22.1 Å². The lowest BCUT2D eigenvalue weighted by molar-refractivity contribution is -0.118. The van der Waals surface area contributed by atoms with Crippen molar-refractivity contribution in [1.82, 2.24) is 9.97 Å². The molecule has 0 fully saturated rings. The zero-order valence-electron chi connectivity index (χ0n) is 16.0. The van der Waals surface area contributed by atoms with Gasteiger partial charge in [-0.1, -0.05) is 23.5 Å². The second-order valence-electron chi connectivity index (χ2n) is 6.34. The van der Waals surface area contributed by atoms with Gasteiger partial charge in [-0.3, -0.25) is 4.79 Å². The quantitative estimate of drug-likeness (QED) is 0.504. The minimum Gasteiger partial charge on any atom is -0.497 e. The van der Waals surface area contributed by atoms with Gasteiger partial charge in [0.25, 0.3) is 5.91 Å². The Kier molecular flexibility index (Phi) is 5.39. The van der Waals surface area contributed by atoms with Crippen molar-refractivity contribution >= 4 is 33.3 Å². The summed E-state index contributed by atoms with van der Waals surface area (Å²) < 4.78 is 10.7. The van der Waals surface area contributed by atoms with Gasteiger partial charge < -0.3 is 14.8 Å². The number of carbonyl (C=O) groups excluding carboxylic acids is 1. The molecular formula is C22H19N3O3S. The van der Waals surface area contributed by atoms with Crippen LogP contribution in [-0.4, -0.2) is 29.6 Å². The number of hydrogen-bond acceptors (Lipinski definition) is 6. The van der Waals surface area contributed by atoms with Crippen LogP contribution in [0.15, 0.2) is 60.8 Å². The van der Waals surface area contributed by atoms with Gasteiger partial charge in [-0.05, 0) is 55.0 Å². The van der Waals surface area contributed by atoms with E-state index < -0.39 is 0 Å². The molecule has 2 aromatic carbocycles. The summed E-state index contributed by atoms with van der Waals surface area (Å²) in [6.07, 6.45) is 1.76. The van der Waals surface area contributed by atoms with E-state index in [4.69, 9.17) is 9.47 Å². The third-order valence-corrected chi connectivity index (χ3v) is 5.45. The fraction of sp³-hybridized carbons (Fsp3) is 0.136. The van der Waals surface area contributed by atoms with E-state index in [2.05, 4.69) is 15.3 Å². The van der Waals surface area contributed by atoms with Crippen LogP contribution in [0.1, 0.15) is 5.56 Å². The van der Waals surface area contributed by atoms with Gasteiger partial charge in [0.15, 0.2) is 6.61 Å². The molecule has 0 aliphatic rings. The first-order chi connectivity index (χ1) is 14.1. The number of anilines is 1. The maximum absolute atomic E-state index is 12.4. The number of ether oxygens (including phenoxy) is 2. The number of amides is 1. The predicted molar refractivity (Wildman–Crippen MR) is 115 cm³/mol. The summed E-state index contributed by atoms with van der Waals surface area (Å²) in [6.45, 7) is 1.88. The molecule has 0 aliphatic carbocycles. The highest BCUT2D eigenvalue weighted by Gasteiger charge is 2.13. The van der Waals surface area contributed by atoms with Gasteiger partial charge >= 0.3 is 0 Å². The summed E-state index contributed by atoms with van der Waals surface area (Å²) in [5, 5.41) is 3.80. The molecule has 6 nitrogen and oxygen atoms in total. The van der Waals surface area contributed by atoms with E-state index in [0.717, 1.165) is 37.9 Å². The van der Waals surface area contributed by atoms with Gasteiger partial charge in [0.2, 0.25) is 0 Å². The Morgan fingerprint density at radius 2 is 1.86 bits per heavy atom. The highest BCUT2D eigenvalue weighted by Crippen LogP contribution is 2.33. The fourth-order valence-corrected chi connectivity index (χ4v) is 3.88. The smallest absolute Gasteiger partial charge is 0.262 e. The first-order valence-electron chi connectivity index (χ1n) is 9.02. The van der Waals surface area contributed by atoms with Crippen LogP contribution in [-0.2, 0) is 4.79 Å². The lowest BCUT2D eigenvalue weighted by atomic mass is 10.1. The SMILES string of the molecule is COc1ccc(OCC(=O)Nc2cccc(-c3nc4cccnc4s3)c2C)cc1. The normalized spacial score (nSPS) is 10.7. The molecule has 1 amide bonds. The van der Waals surface area contributed by atoms with E-state index >= 15 is 0 Å². The van der Waals surface area contributed by atoms with E-state index in [1.54, 1.807) is 37.6 Å². The number of carbonyl (C=O) groups is 1. The minimum absolute atomic E-state index is 0.0823. The van der Waals surface area contributed by atoms with Crippen LogP contribution in [0.2, 0.25) is 0 Å². The second-order valence-corrected chi connectivity index (χ2v) is 7.31. The van der Waals surface area contributed by atoms with Crippen molar-refractivity contribution < 1.29 is 14.3 Å². The number of nitrogens with one attached hydrogen (secondary N) is 1.